The molecule has 0 unspecified atom stereocenters. The van der Waals surface area contributed by atoms with E-state index in [-0.39, 0.29) is 22.9 Å². The van der Waals surface area contributed by atoms with E-state index in [4.69, 9.17) is 5.11 Å². The Labute approximate surface area is 190 Å². The fourth-order valence-electron chi connectivity index (χ4n) is 3.56. The van der Waals surface area contributed by atoms with Crippen molar-refractivity contribution in [1.29, 1.82) is 0 Å². The number of carboxylic acids is 1. The highest BCUT2D eigenvalue weighted by molar-refractivity contribution is 5.95. The molecule has 1 aromatic heterocycles. The van der Waals surface area contributed by atoms with Crippen LogP contribution in [0.4, 0.5) is 5.69 Å². The zero-order chi connectivity index (χ0) is 23.4. The monoisotopic (exact) mass is 441 g/mol. The first-order valence-corrected chi connectivity index (χ1v) is 10.5. The topological polar surface area (TPSA) is 111 Å². The van der Waals surface area contributed by atoms with Gasteiger partial charge in [0, 0.05) is 40.9 Å². The van der Waals surface area contributed by atoms with Gasteiger partial charge in [-0.3, -0.25) is 9.59 Å². The van der Waals surface area contributed by atoms with Crippen molar-refractivity contribution < 1.29 is 14.7 Å². The Bertz CT molecular complexity index is 1360. The molecule has 0 bridgehead atoms. The smallest absolute Gasteiger partial charge is 0.341 e. The first kappa shape index (κ1) is 21.8. The van der Waals surface area contributed by atoms with E-state index < -0.39 is 11.4 Å². The number of benzene rings is 3. The molecule has 0 radical (unpaired) electrons. The molecular formula is C26H23N3O4. The SMILES string of the molecule is C[C@@H](CNc1ccc2[nH]cc(C(=O)O)c(=O)c2c1)NC(=O)c1ccc(-c2ccccc2)cc1. The molecule has 0 saturated heterocycles. The first-order chi connectivity index (χ1) is 15.9. The van der Waals surface area contributed by atoms with Crippen molar-refractivity contribution in [2.24, 2.45) is 0 Å². The summed E-state index contributed by atoms with van der Waals surface area (Å²) in [5.41, 5.74) is 3.06. The lowest BCUT2D eigenvalue weighted by atomic mass is 10.0. The number of rotatable bonds is 7. The maximum atomic E-state index is 12.6. The van der Waals surface area contributed by atoms with E-state index >= 15 is 0 Å². The minimum Gasteiger partial charge on any atom is -0.477 e. The van der Waals surface area contributed by atoms with Crippen LogP contribution in [0.2, 0.25) is 0 Å². The molecule has 4 rings (SSSR count). The average Bonchev–Trinajstić information content (AvgIpc) is 2.83. The highest BCUT2D eigenvalue weighted by Crippen LogP contribution is 2.19. The lowest BCUT2D eigenvalue weighted by molar-refractivity contribution is 0.0695. The van der Waals surface area contributed by atoms with Gasteiger partial charge in [0.05, 0.1) is 0 Å². The van der Waals surface area contributed by atoms with E-state index in [1.165, 1.54) is 6.20 Å². The molecule has 4 N–H and O–H groups in total. The Kier molecular flexibility index (Phi) is 6.22. The number of aromatic nitrogens is 1. The molecule has 1 atom stereocenters. The summed E-state index contributed by atoms with van der Waals surface area (Å²) in [5, 5.41) is 15.6. The molecule has 1 amide bonds. The number of nitrogens with one attached hydrogen (secondary N) is 3. The largest absolute Gasteiger partial charge is 0.477 e. The summed E-state index contributed by atoms with van der Waals surface area (Å²) < 4.78 is 0. The highest BCUT2D eigenvalue weighted by atomic mass is 16.4. The van der Waals surface area contributed by atoms with Gasteiger partial charge in [0.15, 0.2) is 0 Å². The quantitative estimate of drug-likeness (QED) is 0.345. The number of hydrogen-bond acceptors (Lipinski definition) is 4. The lowest BCUT2D eigenvalue weighted by Crippen LogP contribution is -2.37. The summed E-state index contributed by atoms with van der Waals surface area (Å²) in [6.07, 6.45) is 1.20. The van der Waals surface area contributed by atoms with Crippen LogP contribution in [-0.2, 0) is 0 Å². The van der Waals surface area contributed by atoms with Crippen molar-refractivity contribution in [3.05, 3.63) is 100 Å². The summed E-state index contributed by atoms with van der Waals surface area (Å²) in [7, 11) is 0. The number of pyridine rings is 1. The Morgan fingerprint density at radius 3 is 2.36 bits per heavy atom. The summed E-state index contributed by atoms with van der Waals surface area (Å²) in [5.74, 6) is -1.45. The molecule has 0 fully saturated rings. The van der Waals surface area contributed by atoms with Crippen LogP contribution >= 0.6 is 0 Å². The number of amides is 1. The second kappa shape index (κ2) is 9.40. The van der Waals surface area contributed by atoms with Crippen molar-refractivity contribution in [2.45, 2.75) is 13.0 Å². The number of aromatic carboxylic acids is 1. The fourth-order valence-corrected chi connectivity index (χ4v) is 3.56. The van der Waals surface area contributed by atoms with Crippen molar-refractivity contribution >= 4 is 28.5 Å². The van der Waals surface area contributed by atoms with Gasteiger partial charge >= 0.3 is 5.97 Å². The van der Waals surface area contributed by atoms with E-state index in [1.54, 1.807) is 30.3 Å². The van der Waals surface area contributed by atoms with Crippen LogP contribution in [0.25, 0.3) is 22.0 Å². The van der Waals surface area contributed by atoms with Gasteiger partial charge in [-0.1, -0.05) is 42.5 Å². The molecular weight excluding hydrogens is 418 g/mol. The number of fused-ring (bicyclic) bond motifs is 1. The molecule has 7 nitrogen and oxygen atoms in total. The normalized spacial score (nSPS) is 11.7. The third-order valence-corrected chi connectivity index (χ3v) is 5.36. The van der Waals surface area contributed by atoms with E-state index in [0.29, 0.717) is 23.3 Å². The zero-order valence-corrected chi connectivity index (χ0v) is 18.0. The van der Waals surface area contributed by atoms with E-state index in [0.717, 1.165) is 11.1 Å². The van der Waals surface area contributed by atoms with E-state index in [9.17, 15) is 14.4 Å². The van der Waals surface area contributed by atoms with Gasteiger partial charge in [-0.25, -0.2) is 4.79 Å². The Hall–Kier alpha value is -4.39. The lowest BCUT2D eigenvalue weighted by Gasteiger charge is -2.16. The van der Waals surface area contributed by atoms with Crippen LogP contribution in [0, 0.1) is 0 Å². The zero-order valence-electron chi connectivity index (χ0n) is 18.0. The Morgan fingerprint density at radius 2 is 1.67 bits per heavy atom. The predicted molar refractivity (Wildman–Crippen MR) is 129 cm³/mol. The van der Waals surface area contributed by atoms with Gasteiger partial charge in [0.2, 0.25) is 5.43 Å². The van der Waals surface area contributed by atoms with Gasteiger partial charge < -0.3 is 20.7 Å². The molecule has 0 aliphatic rings. The minimum atomic E-state index is -1.27. The molecule has 4 aromatic rings. The third kappa shape index (κ3) is 4.93. The van der Waals surface area contributed by atoms with Crippen LogP contribution in [0.3, 0.4) is 0 Å². The second-order valence-corrected chi connectivity index (χ2v) is 7.80. The van der Waals surface area contributed by atoms with Crippen LogP contribution in [0.5, 0.6) is 0 Å². The second-order valence-electron chi connectivity index (χ2n) is 7.80. The van der Waals surface area contributed by atoms with Crippen LogP contribution < -0.4 is 16.1 Å². The van der Waals surface area contributed by atoms with Crippen molar-refractivity contribution in [3.8, 4) is 11.1 Å². The van der Waals surface area contributed by atoms with Gasteiger partial charge in [-0.05, 0) is 48.4 Å². The molecule has 0 spiro atoms. The number of H-pyrrole nitrogens is 1. The van der Waals surface area contributed by atoms with E-state index in [2.05, 4.69) is 15.6 Å². The molecule has 7 heteroatoms. The fraction of sp³-hybridized carbons (Fsp3) is 0.115. The number of carboxylic acid groups (broad SMARTS) is 1. The number of carbonyl (C=O) groups is 2. The molecule has 166 valence electrons. The number of hydrogen-bond donors (Lipinski definition) is 4. The summed E-state index contributed by atoms with van der Waals surface area (Å²) in [6, 6.07) is 22.3. The number of carbonyl (C=O) groups excluding carboxylic acids is 1. The molecule has 1 heterocycles. The van der Waals surface area contributed by atoms with Crippen LogP contribution in [-0.4, -0.2) is 34.6 Å². The van der Waals surface area contributed by atoms with Crippen LogP contribution in [0.15, 0.2) is 83.8 Å². The van der Waals surface area contributed by atoms with E-state index in [1.807, 2.05) is 49.4 Å². The van der Waals surface area contributed by atoms with Gasteiger partial charge in [-0.2, -0.15) is 0 Å². The van der Waals surface area contributed by atoms with Gasteiger partial charge in [0.1, 0.15) is 5.56 Å². The highest BCUT2D eigenvalue weighted by Gasteiger charge is 2.13. The Morgan fingerprint density at radius 1 is 0.970 bits per heavy atom. The Balaban J connectivity index is 1.39. The minimum absolute atomic E-state index is 0.176. The summed E-state index contributed by atoms with van der Waals surface area (Å²) in [4.78, 5) is 39.0. The maximum Gasteiger partial charge on any atom is 0.341 e. The molecule has 33 heavy (non-hydrogen) atoms. The maximum absolute atomic E-state index is 12.6. The predicted octanol–water partition coefficient (Wildman–Crippen LogP) is 4.12. The molecule has 0 aliphatic carbocycles. The molecule has 0 saturated carbocycles. The van der Waals surface area contributed by atoms with Crippen LogP contribution in [0.1, 0.15) is 27.6 Å². The number of aromatic amines is 1. The number of anilines is 1. The van der Waals surface area contributed by atoms with Gasteiger partial charge in [0.25, 0.3) is 5.91 Å². The van der Waals surface area contributed by atoms with Crippen molar-refractivity contribution in [1.82, 2.24) is 10.3 Å². The van der Waals surface area contributed by atoms with Gasteiger partial charge in [-0.15, -0.1) is 0 Å². The van der Waals surface area contributed by atoms with Crippen molar-refractivity contribution in [3.63, 3.8) is 0 Å². The average molecular weight is 441 g/mol. The third-order valence-electron chi connectivity index (χ3n) is 5.36. The van der Waals surface area contributed by atoms with Crippen molar-refractivity contribution in [2.75, 3.05) is 11.9 Å². The standard InChI is InChI=1S/C26H23N3O4/c1-16(29-25(31)19-9-7-18(8-10-19)17-5-3-2-4-6-17)14-27-20-11-12-23-21(13-20)24(30)22(15-28-23)26(32)33/h2-13,15-16,27H,14H2,1H3,(H,28,30)(H,29,31)(H,32,33)/t16-/m0/s1. The summed E-state index contributed by atoms with van der Waals surface area (Å²) in [6.45, 7) is 2.30. The first-order valence-electron chi connectivity index (χ1n) is 10.5. The molecule has 3 aromatic carbocycles. The molecule has 0 aliphatic heterocycles. The summed E-state index contributed by atoms with van der Waals surface area (Å²) >= 11 is 0.